The molecule has 0 fully saturated rings. The van der Waals surface area contributed by atoms with Gasteiger partial charge in [0.2, 0.25) is 5.88 Å². The first-order valence-electron chi connectivity index (χ1n) is 8.14. The second-order valence-electron chi connectivity index (χ2n) is 7.00. The SMILES string of the molecule is COc1ccc([C@@H](C)[NH2+]CC(=O)Nc2cc(C(C)(C)C)no2)cc1Br. The Hall–Kier alpha value is -1.86. The van der Waals surface area contributed by atoms with Gasteiger partial charge in [-0.15, -0.1) is 0 Å². The lowest BCUT2D eigenvalue weighted by molar-refractivity contribution is -0.682. The van der Waals surface area contributed by atoms with Gasteiger partial charge in [-0.2, -0.15) is 0 Å². The predicted octanol–water partition coefficient (Wildman–Crippen LogP) is 3.01. The third kappa shape index (κ3) is 5.31. The minimum atomic E-state index is -0.129. The molecular weight excluding hydrogens is 386 g/mol. The van der Waals surface area contributed by atoms with E-state index in [0.29, 0.717) is 5.88 Å². The van der Waals surface area contributed by atoms with E-state index < -0.39 is 0 Å². The average Bonchev–Trinajstić information content (AvgIpc) is 3.01. The molecule has 2 rings (SSSR count). The Labute approximate surface area is 156 Å². The van der Waals surface area contributed by atoms with E-state index in [9.17, 15) is 4.79 Å². The van der Waals surface area contributed by atoms with Gasteiger partial charge in [0, 0.05) is 17.0 Å². The van der Waals surface area contributed by atoms with Crippen LogP contribution in [0, 0.1) is 0 Å². The molecule has 0 radical (unpaired) electrons. The molecule has 0 saturated heterocycles. The van der Waals surface area contributed by atoms with E-state index in [-0.39, 0.29) is 23.9 Å². The Morgan fingerprint density at radius 3 is 2.68 bits per heavy atom. The number of carbonyl (C=O) groups is 1. The summed E-state index contributed by atoms with van der Waals surface area (Å²) in [6.45, 7) is 8.46. The maximum absolute atomic E-state index is 12.1. The zero-order chi connectivity index (χ0) is 18.6. The Kier molecular flexibility index (Phi) is 6.24. The molecule has 136 valence electrons. The lowest BCUT2D eigenvalue weighted by Gasteiger charge is -2.13. The summed E-state index contributed by atoms with van der Waals surface area (Å²) in [6.07, 6.45) is 0. The number of carbonyl (C=O) groups excluding carboxylic acids is 1. The summed E-state index contributed by atoms with van der Waals surface area (Å²) in [5.74, 6) is 1.04. The smallest absolute Gasteiger partial charge is 0.281 e. The maximum atomic E-state index is 12.1. The highest BCUT2D eigenvalue weighted by Gasteiger charge is 2.20. The fourth-order valence-corrected chi connectivity index (χ4v) is 2.82. The number of halogens is 1. The Balaban J connectivity index is 1.89. The van der Waals surface area contributed by atoms with Crippen molar-refractivity contribution in [3.05, 3.63) is 40.0 Å². The van der Waals surface area contributed by atoms with Gasteiger partial charge in [0.25, 0.3) is 5.91 Å². The molecule has 1 atom stereocenters. The second kappa shape index (κ2) is 8.01. The Morgan fingerprint density at radius 1 is 1.40 bits per heavy atom. The zero-order valence-electron chi connectivity index (χ0n) is 15.2. The summed E-state index contributed by atoms with van der Waals surface area (Å²) in [5.41, 5.74) is 1.80. The summed E-state index contributed by atoms with van der Waals surface area (Å²) >= 11 is 3.48. The summed E-state index contributed by atoms with van der Waals surface area (Å²) < 4.78 is 11.3. The number of nitrogens with one attached hydrogen (secondary N) is 1. The first-order valence-corrected chi connectivity index (χ1v) is 8.94. The van der Waals surface area contributed by atoms with E-state index in [1.807, 2.05) is 51.2 Å². The number of anilines is 1. The Morgan fingerprint density at radius 2 is 2.12 bits per heavy atom. The van der Waals surface area contributed by atoms with E-state index >= 15 is 0 Å². The molecule has 1 aromatic carbocycles. The van der Waals surface area contributed by atoms with Crippen LogP contribution in [0.2, 0.25) is 0 Å². The van der Waals surface area contributed by atoms with Crippen molar-refractivity contribution in [2.75, 3.05) is 19.0 Å². The van der Waals surface area contributed by atoms with Crippen LogP contribution in [0.15, 0.2) is 33.3 Å². The summed E-state index contributed by atoms with van der Waals surface area (Å²) in [4.78, 5) is 12.1. The van der Waals surface area contributed by atoms with Gasteiger partial charge in [0.15, 0.2) is 6.54 Å². The highest BCUT2D eigenvalue weighted by atomic mass is 79.9. The third-order valence-corrected chi connectivity index (χ3v) is 4.52. The molecule has 3 N–H and O–H groups in total. The van der Waals surface area contributed by atoms with E-state index in [0.717, 1.165) is 21.5 Å². The highest BCUT2D eigenvalue weighted by Crippen LogP contribution is 2.27. The quantitative estimate of drug-likeness (QED) is 0.766. The molecule has 0 aliphatic heterocycles. The number of amides is 1. The normalized spacial score (nSPS) is 12.7. The number of nitrogens with two attached hydrogens (primary N) is 1. The lowest BCUT2D eigenvalue weighted by Crippen LogP contribution is -2.86. The van der Waals surface area contributed by atoms with Crippen molar-refractivity contribution in [3.63, 3.8) is 0 Å². The van der Waals surface area contributed by atoms with E-state index in [2.05, 4.69) is 26.4 Å². The molecule has 7 heteroatoms. The molecule has 2 aromatic rings. The molecule has 0 aliphatic rings. The molecule has 0 aliphatic carbocycles. The van der Waals surface area contributed by atoms with Gasteiger partial charge in [-0.3, -0.25) is 10.1 Å². The van der Waals surface area contributed by atoms with Crippen molar-refractivity contribution in [3.8, 4) is 5.75 Å². The van der Waals surface area contributed by atoms with Crippen LogP contribution in [0.3, 0.4) is 0 Å². The van der Waals surface area contributed by atoms with Crippen molar-refractivity contribution in [1.29, 1.82) is 0 Å². The van der Waals surface area contributed by atoms with Crippen LogP contribution in [0.25, 0.3) is 0 Å². The second-order valence-corrected chi connectivity index (χ2v) is 7.85. The average molecular weight is 411 g/mol. The summed E-state index contributed by atoms with van der Waals surface area (Å²) in [7, 11) is 1.63. The van der Waals surface area contributed by atoms with E-state index in [1.165, 1.54) is 0 Å². The number of quaternary nitrogens is 1. The van der Waals surface area contributed by atoms with Crippen LogP contribution in [0.1, 0.15) is 45.0 Å². The van der Waals surface area contributed by atoms with E-state index in [4.69, 9.17) is 9.26 Å². The number of hydrogen-bond donors (Lipinski definition) is 2. The molecule has 0 unspecified atom stereocenters. The van der Waals surface area contributed by atoms with Crippen LogP contribution >= 0.6 is 15.9 Å². The van der Waals surface area contributed by atoms with Crippen molar-refractivity contribution >= 4 is 27.7 Å². The topological polar surface area (TPSA) is 81.0 Å². The number of benzene rings is 1. The monoisotopic (exact) mass is 410 g/mol. The molecule has 6 nitrogen and oxygen atoms in total. The number of nitrogens with zero attached hydrogens (tertiary/aromatic N) is 1. The molecule has 1 amide bonds. The maximum Gasteiger partial charge on any atom is 0.281 e. The molecule has 1 aromatic heterocycles. The van der Waals surface area contributed by atoms with Crippen LogP contribution in [0.5, 0.6) is 5.75 Å². The van der Waals surface area contributed by atoms with Crippen molar-refractivity contribution in [2.45, 2.75) is 39.2 Å². The van der Waals surface area contributed by atoms with Gasteiger partial charge in [-0.1, -0.05) is 25.9 Å². The van der Waals surface area contributed by atoms with Crippen molar-refractivity contribution in [2.24, 2.45) is 0 Å². The predicted molar refractivity (Wildman–Crippen MR) is 99.7 cm³/mol. The van der Waals surface area contributed by atoms with Crippen LogP contribution < -0.4 is 15.4 Å². The molecule has 0 bridgehead atoms. The zero-order valence-corrected chi connectivity index (χ0v) is 16.8. The van der Waals surface area contributed by atoms with Crippen molar-refractivity contribution < 1.29 is 19.4 Å². The van der Waals surface area contributed by atoms with Crippen LogP contribution in [-0.4, -0.2) is 24.7 Å². The van der Waals surface area contributed by atoms with Gasteiger partial charge in [-0.25, -0.2) is 0 Å². The van der Waals surface area contributed by atoms with Gasteiger partial charge in [0.1, 0.15) is 11.8 Å². The molecule has 25 heavy (non-hydrogen) atoms. The van der Waals surface area contributed by atoms with Gasteiger partial charge < -0.3 is 14.6 Å². The van der Waals surface area contributed by atoms with Crippen molar-refractivity contribution in [1.82, 2.24) is 5.16 Å². The standard InChI is InChI=1S/C18H24BrN3O3/c1-11(12-6-7-14(24-5)13(19)8-12)20-10-16(23)21-17-9-15(22-25-17)18(2,3)4/h6-9,11,20H,10H2,1-5H3,(H,21,23)/p+1/t11-/m1/s1. The molecule has 1 heterocycles. The molecule has 0 spiro atoms. The first-order chi connectivity index (χ1) is 11.7. The number of hydrogen-bond acceptors (Lipinski definition) is 4. The largest absolute Gasteiger partial charge is 0.496 e. The van der Waals surface area contributed by atoms with Gasteiger partial charge in [0.05, 0.1) is 17.3 Å². The number of rotatable bonds is 6. The lowest BCUT2D eigenvalue weighted by atomic mass is 9.92. The summed E-state index contributed by atoms with van der Waals surface area (Å²) in [6, 6.07) is 7.81. The third-order valence-electron chi connectivity index (χ3n) is 3.90. The molecule has 0 saturated carbocycles. The fraction of sp³-hybridized carbons (Fsp3) is 0.444. The first kappa shape index (κ1) is 19.5. The summed E-state index contributed by atoms with van der Waals surface area (Å²) in [5, 5.41) is 8.70. The highest BCUT2D eigenvalue weighted by molar-refractivity contribution is 9.10. The fourth-order valence-electron chi connectivity index (χ4n) is 2.26. The number of aromatic nitrogens is 1. The molecular formula is C18H25BrN3O3+. The van der Waals surface area contributed by atoms with E-state index in [1.54, 1.807) is 13.2 Å². The van der Waals surface area contributed by atoms with Gasteiger partial charge in [-0.05, 0) is 41.1 Å². The Bertz CT molecular complexity index is 737. The minimum absolute atomic E-state index is 0.116. The minimum Gasteiger partial charge on any atom is -0.496 e. The number of methoxy groups -OCH3 is 1. The number of ether oxygens (including phenoxy) is 1. The van der Waals surface area contributed by atoms with Crippen LogP contribution in [0.4, 0.5) is 5.88 Å². The van der Waals surface area contributed by atoms with Crippen LogP contribution in [-0.2, 0) is 10.2 Å². The van der Waals surface area contributed by atoms with Gasteiger partial charge >= 0.3 is 0 Å².